The van der Waals surface area contributed by atoms with Crippen molar-refractivity contribution in [3.63, 3.8) is 0 Å². The van der Waals surface area contributed by atoms with E-state index in [0.717, 1.165) is 22.5 Å². The Kier molecular flexibility index (Phi) is 6.29. The van der Waals surface area contributed by atoms with E-state index in [1.54, 1.807) is 22.9 Å². The van der Waals surface area contributed by atoms with E-state index in [4.69, 9.17) is 0 Å². The molecule has 4 aromatic rings. The molecule has 2 N–H and O–H groups in total. The largest absolute Gasteiger partial charge is 0.369 e. The highest BCUT2D eigenvalue weighted by Gasteiger charge is 2.13. The first-order chi connectivity index (χ1) is 15.4. The summed E-state index contributed by atoms with van der Waals surface area (Å²) in [6.07, 6.45) is 1.45. The van der Waals surface area contributed by atoms with E-state index in [-0.39, 0.29) is 11.4 Å². The molecular weight excluding hydrogens is 424 g/mol. The van der Waals surface area contributed by atoms with Crippen LogP contribution in [0.25, 0.3) is 16.9 Å². The maximum atomic E-state index is 12.6. The second-order valence-corrected chi connectivity index (χ2v) is 9.08. The second-order valence-electron chi connectivity index (χ2n) is 7.32. The predicted molar refractivity (Wildman–Crippen MR) is 124 cm³/mol. The number of benzene rings is 2. The molecule has 0 saturated heterocycles. The molecule has 0 aliphatic heterocycles. The third-order valence-electron chi connectivity index (χ3n) is 4.87. The lowest BCUT2D eigenvalue weighted by Gasteiger charge is -2.10. The molecular formula is C23H24N6O2S. The molecule has 9 heteroatoms. The van der Waals surface area contributed by atoms with Crippen molar-refractivity contribution in [2.75, 3.05) is 18.4 Å². The van der Waals surface area contributed by atoms with Crippen molar-refractivity contribution in [2.24, 2.45) is 0 Å². The first-order valence-electron chi connectivity index (χ1n) is 10.2. The maximum absolute atomic E-state index is 12.6. The van der Waals surface area contributed by atoms with Gasteiger partial charge in [-0.15, -0.1) is 0 Å². The zero-order valence-electron chi connectivity index (χ0n) is 17.9. The fraction of sp³-hybridized carbons (Fsp3) is 0.174. The molecule has 2 aromatic carbocycles. The number of sulfonamides is 1. The van der Waals surface area contributed by atoms with Gasteiger partial charge in [0.2, 0.25) is 10.0 Å². The van der Waals surface area contributed by atoms with Crippen LogP contribution < -0.4 is 10.0 Å². The Bertz CT molecular complexity index is 1300. The Balaban J connectivity index is 1.34. The van der Waals surface area contributed by atoms with Crippen LogP contribution in [0.3, 0.4) is 0 Å². The molecule has 0 atom stereocenters. The maximum Gasteiger partial charge on any atom is 0.240 e. The van der Waals surface area contributed by atoms with E-state index >= 15 is 0 Å². The molecule has 8 nitrogen and oxygen atoms in total. The number of nitrogens with zero attached hydrogens (tertiary/aromatic N) is 4. The van der Waals surface area contributed by atoms with Gasteiger partial charge in [-0.25, -0.2) is 27.8 Å². The van der Waals surface area contributed by atoms with Crippen molar-refractivity contribution < 1.29 is 8.42 Å². The molecule has 32 heavy (non-hydrogen) atoms. The number of rotatable bonds is 8. The number of aryl methyl sites for hydroxylation is 2. The van der Waals surface area contributed by atoms with Crippen LogP contribution in [0.1, 0.15) is 11.4 Å². The molecule has 0 amide bonds. The van der Waals surface area contributed by atoms with Crippen LogP contribution in [-0.4, -0.2) is 41.3 Å². The van der Waals surface area contributed by atoms with Crippen LogP contribution in [-0.2, 0) is 10.0 Å². The molecule has 0 fully saturated rings. The third-order valence-corrected chi connectivity index (χ3v) is 6.35. The highest BCUT2D eigenvalue weighted by Crippen LogP contribution is 2.21. The van der Waals surface area contributed by atoms with Crippen LogP contribution >= 0.6 is 0 Å². The molecule has 2 heterocycles. The van der Waals surface area contributed by atoms with Gasteiger partial charge >= 0.3 is 0 Å². The summed E-state index contributed by atoms with van der Waals surface area (Å²) in [7, 11) is -3.60. The number of hydrogen-bond acceptors (Lipinski definition) is 6. The summed E-state index contributed by atoms with van der Waals surface area (Å²) in [6, 6.07) is 20.4. The number of hydrogen-bond donors (Lipinski definition) is 2. The standard InChI is InChI=1S/C23H24N6O2S/c1-17-14-18(2)29(28-17)23-15-22(25-16-26-23)24-12-13-27-32(30,31)21-10-8-20(9-11-21)19-6-4-3-5-7-19/h3-11,14-16,27H,12-13H2,1-2H3,(H,24,25,26). The molecule has 0 radical (unpaired) electrons. The van der Waals surface area contributed by atoms with Gasteiger partial charge in [0.15, 0.2) is 5.82 Å². The average molecular weight is 449 g/mol. The lowest BCUT2D eigenvalue weighted by atomic mass is 10.1. The van der Waals surface area contributed by atoms with Crippen molar-refractivity contribution in [3.05, 3.63) is 84.4 Å². The SMILES string of the molecule is Cc1cc(C)n(-c2cc(NCCNS(=O)(=O)c3ccc(-c4ccccc4)cc3)ncn2)n1. The van der Waals surface area contributed by atoms with Crippen LogP contribution in [0.2, 0.25) is 0 Å². The Labute approximate surface area is 187 Å². The van der Waals surface area contributed by atoms with Crippen LogP contribution in [0.5, 0.6) is 0 Å². The van der Waals surface area contributed by atoms with Gasteiger partial charge in [0.05, 0.1) is 10.6 Å². The van der Waals surface area contributed by atoms with Gasteiger partial charge < -0.3 is 5.32 Å². The zero-order valence-corrected chi connectivity index (χ0v) is 18.7. The van der Waals surface area contributed by atoms with Gasteiger partial charge in [-0.2, -0.15) is 5.10 Å². The molecule has 164 valence electrons. The monoisotopic (exact) mass is 448 g/mol. The number of anilines is 1. The molecule has 0 saturated carbocycles. The normalized spacial score (nSPS) is 11.4. The van der Waals surface area contributed by atoms with Gasteiger partial charge in [-0.3, -0.25) is 0 Å². The highest BCUT2D eigenvalue weighted by atomic mass is 32.2. The quantitative estimate of drug-likeness (QED) is 0.401. The van der Waals surface area contributed by atoms with E-state index < -0.39 is 10.0 Å². The summed E-state index contributed by atoms with van der Waals surface area (Å²) in [5.41, 5.74) is 3.88. The minimum atomic E-state index is -3.60. The summed E-state index contributed by atoms with van der Waals surface area (Å²) in [6.45, 7) is 4.46. The van der Waals surface area contributed by atoms with Crippen molar-refractivity contribution in [2.45, 2.75) is 18.7 Å². The lowest BCUT2D eigenvalue weighted by Crippen LogP contribution is -2.29. The third kappa shape index (κ3) is 5.01. The highest BCUT2D eigenvalue weighted by molar-refractivity contribution is 7.89. The van der Waals surface area contributed by atoms with Gasteiger partial charge in [-0.1, -0.05) is 42.5 Å². The molecule has 2 aromatic heterocycles. The zero-order chi connectivity index (χ0) is 22.6. The van der Waals surface area contributed by atoms with Gasteiger partial charge in [0.25, 0.3) is 0 Å². The molecule has 0 aliphatic carbocycles. The molecule has 0 unspecified atom stereocenters. The van der Waals surface area contributed by atoms with Crippen LogP contribution in [0, 0.1) is 13.8 Å². The Morgan fingerprint density at radius 3 is 2.28 bits per heavy atom. The molecule has 0 aliphatic rings. The van der Waals surface area contributed by atoms with E-state index in [0.29, 0.717) is 18.2 Å². The summed E-state index contributed by atoms with van der Waals surface area (Å²) in [5, 5.41) is 7.53. The topological polar surface area (TPSA) is 102 Å². The predicted octanol–water partition coefficient (Wildman–Crippen LogP) is 3.34. The van der Waals surface area contributed by atoms with Crippen molar-refractivity contribution in [3.8, 4) is 16.9 Å². The van der Waals surface area contributed by atoms with E-state index in [9.17, 15) is 8.42 Å². The minimum Gasteiger partial charge on any atom is -0.369 e. The molecule has 0 bridgehead atoms. The number of nitrogens with one attached hydrogen (secondary N) is 2. The summed E-state index contributed by atoms with van der Waals surface area (Å²) >= 11 is 0. The Morgan fingerprint density at radius 1 is 0.875 bits per heavy atom. The smallest absolute Gasteiger partial charge is 0.240 e. The van der Waals surface area contributed by atoms with Gasteiger partial charge in [0, 0.05) is 24.8 Å². The average Bonchev–Trinajstić information content (AvgIpc) is 3.15. The Morgan fingerprint density at radius 2 is 1.59 bits per heavy atom. The summed E-state index contributed by atoms with van der Waals surface area (Å²) in [4.78, 5) is 8.68. The van der Waals surface area contributed by atoms with Crippen molar-refractivity contribution in [1.29, 1.82) is 0 Å². The molecule has 0 spiro atoms. The van der Waals surface area contributed by atoms with Crippen molar-refractivity contribution >= 4 is 15.8 Å². The lowest BCUT2D eigenvalue weighted by molar-refractivity contribution is 0.583. The van der Waals surface area contributed by atoms with Gasteiger partial charge in [0.1, 0.15) is 12.1 Å². The van der Waals surface area contributed by atoms with Crippen molar-refractivity contribution in [1.82, 2.24) is 24.5 Å². The van der Waals surface area contributed by atoms with Crippen LogP contribution in [0.15, 0.2) is 78.0 Å². The fourth-order valence-electron chi connectivity index (χ4n) is 3.34. The first kappa shape index (κ1) is 21.7. The van der Waals surface area contributed by atoms with E-state index in [1.807, 2.05) is 62.4 Å². The first-order valence-corrected chi connectivity index (χ1v) is 11.7. The van der Waals surface area contributed by atoms with E-state index in [2.05, 4.69) is 25.1 Å². The summed E-state index contributed by atoms with van der Waals surface area (Å²) < 4.78 is 29.5. The summed E-state index contributed by atoms with van der Waals surface area (Å²) in [5.74, 6) is 1.24. The van der Waals surface area contributed by atoms with Gasteiger partial charge in [-0.05, 0) is 43.2 Å². The van der Waals surface area contributed by atoms with Crippen LogP contribution in [0.4, 0.5) is 5.82 Å². The fourth-order valence-corrected chi connectivity index (χ4v) is 4.37. The Hall–Kier alpha value is -3.56. The number of aromatic nitrogens is 4. The van der Waals surface area contributed by atoms with E-state index in [1.165, 1.54) is 6.33 Å². The minimum absolute atomic E-state index is 0.210. The molecule has 4 rings (SSSR count). The second kappa shape index (κ2) is 9.29.